The number of benzene rings is 1. The maximum Gasteiger partial charge on any atom is 0.308 e. The van der Waals surface area contributed by atoms with Crippen LogP contribution in [0.5, 0.6) is 11.5 Å². The molecule has 0 N–H and O–H groups in total. The molecule has 118 valence electrons. The van der Waals surface area contributed by atoms with Crippen LogP contribution < -0.4 is 9.47 Å². The Morgan fingerprint density at radius 3 is 2.38 bits per heavy atom. The smallest absolute Gasteiger partial charge is 0.308 e. The van der Waals surface area contributed by atoms with Crippen LogP contribution in [-0.4, -0.2) is 12.6 Å². The average molecular weight is 292 g/mol. The number of rotatable bonds is 8. The molecule has 0 spiro atoms. The molecule has 0 fully saturated rings. The fraction of sp³-hybridized carbons (Fsp3) is 0.611. The molecule has 1 aromatic rings. The molecule has 3 heteroatoms. The van der Waals surface area contributed by atoms with Crippen LogP contribution in [0.3, 0.4) is 0 Å². The summed E-state index contributed by atoms with van der Waals surface area (Å²) in [5, 5.41) is 0. The van der Waals surface area contributed by atoms with E-state index in [0.29, 0.717) is 29.9 Å². The first kappa shape index (κ1) is 17.5. The van der Waals surface area contributed by atoms with Crippen molar-refractivity contribution in [3.05, 3.63) is 23.8 Å². The maximum atomic E-state index is 11.2. The maximum absolute atomic E-state index is 11.2. The number of carbonyl (C=O) groups is 1. The lowest BCUT2D eigenvalue weighted by Crippen LogP contribution is -2.06. The van der Waals surface area contributed by atoms with Crippen LogP contribution >= 0.6 is 0 Å². The summed E-state index contributed by atoms with van der Waals surface area (Å²) < 4.78 is 11.1. The normalized spacial score (nSPS) is 11.0. The first-order valence-electron chi connectivity index (χ1n) is 7.82. The Labute approximate surface area is 128 Å². The summed E-state index contributed by atoms with van der Waals surface area (Å²) >= 11 is 0. The topological polar surface area (TPSA) is 35.5 Å². The third-order valence-corrected chi connectivity index (χ3v) is 3.09. The molecule has 0 aromatic heterocycles. The summed E-state index contributed by atoms with van der Waals surface area (Å²) in [6, 6.07) is 5.82. The first-order chi connectivity index (χ1) is 9.88. The van der Waals surface area contributed by atoms with E-state index >= 15 is 0 Å². The van der Waals surface area contributed by atoms with Crippen molar-refractivity contribution in [2.45, 2.75) is 53.9 Å². The van der Waals surface area contributed by atoms with Crippen molar-refractivity contribution in [3.8, 4) is 11.5 Å². The van der Waals surface area contributed by atoms with Gasteiger partial charge >= 0.3 is 5.97 Å². The largest absolute Gasteiger partial charge is 0.490 e. The summed E-state index contributed by atoms with van der Waals surface area (Å²) in [5.74, 6) is 2.12. The zero-order chi connectivity index (χ0) is 15.8. The van der Waals surface area contributed by atoms with Gasteiger partial charge in [-0.25, -0.2) is 0 Å². The molecule has 0 heterocycles. The van der Waals surface area contributed by atoms with Crippen molar-refractivity contribution in [2.75, 3.05) is 6.61 Å². The van der Waals surface area contributed by atoms with E-state index < -0.39 is 0 Å². The van der Waals surface area contributed by atoms with Gasteiger partial charge in [0.15, 0.2) is 11.5 Å². The van der Waals surface area contributed by atoms with E-state index in [1.54, 1.807) is 0 Å². The minimum Gasteiger partial charge on any atom is -0.490 e. The predicted molar refractivity (Wildman–Crippen MR) is 85.9 cm³/mol. The third-order valence-electron chi connectivity index (χ3n) is 3.09. The second-order valence-corrected chi connectivity index (χ2v) is 6.36. The van der Waals surface area contributed by atoms with Crippen LogP contribution in [0.1, 0.15) is 53.0 Å². The van der Waals surface area contributed by atoms with Crippen LogP contribution in [-0.2, 0) is 11.2 Å². The lowest BCUT2D eigenvalue weighted by molar-refractivity contribution is -0.132. The second kappa shape index (κ2) is 8.71. The van der Waals surface area contributed by atoms with Gasteiger partial charge in [0.05, 0.1) is 6.61 Å². The van der Waals surface area contributed by atoms with Gasteiger partial charge < -0.3 is 9.47 Å². The minimum absolute atomic E-state index is 0.321. The second-order valence-electron chi connectivity index (χ2n) is 6.36. The van der Waals surface area contributed by atoms with Gasteiger partial charge in [-0.05, 0) is 48.8 Å². The van der Waals surface area contributed by atoms with E-state index in [-0.39, 0.29) is 5.97 Å². The zero-order valence-electron chi connectivity index (χ0n) is 13.9. The number of hydrogen-bond donors (Lipinski definition) is 0. The highest BCUT2D eigenvalue weighted by Gasteiger charge is 2.10. The van der Waals surface area contributed by atoms with E-state index in [2.05, 4.69) is 27.7 Å². The SMILES string of the molecule is CC(=O)Oc1ccc(CC(C)C)cc1OCCCC(C)C. The van der Waals surface area contributed by atoms with Crippen LogP contribution in [0.4, 0.5) is 0 Å². The van der Waals surface area contributed by atoms with Gasteiger partial charge in [0.25, 0.3) is 0 Å². The summed E-state index contributed by atoms with van der Waals surface area (Å²) in [6.45, 7) is 10.8. The Hall–Kier alpha value is -1.51. The highest BCUT2D eigenvalue weighted by Crippen LogP contribution is 2.30. The zero-order valence-corrected chi connectivity index (χ0v) is 13.9. The van der Waals surface area contributed by atoms with Crippen molar-refractivity contribution in [1.29, 1.82) is 0 Å². The van der Waals surface area contributed by atoms with Gasteiger partial charge in [-0.2, -0.15) is 0 Å². The van der Waals surface area contributed by atoms with Crippen molar-refractivity contribution in [2.24, 2.45) is 11.8 Å². The highest BCUT2D eigenvalue weighted by molar-refractivity contribution is 5.70. The quantitative estimate of drug-likeness (QED) is 0.398. The van der Waals surface area contributed by atoms with Gasteiger partial charge in [-0.3, -0.25) is 4.79 Å². The van der Waals surface area contributed by atoms with Crippen molar-refractivity contribution >= 4 is 5.97 Å². The van der Waals surface area contributed by atoms with Crippen LogP contribution in [0.2, 0.25) is 0 Å². The Morgan fingerprint density at radius 1 is 1.10 bits per heavy atom. The molecule has 0 saturated heterocycles. The molecule has 0 radical (unpaired) electrons. The minimum atomic E-state index is -0.321. The van der Waals surface area contributed by atoms with E-state index in [9.17, 15) is 4.79 Å². The summed E-state index contributed by atoms with van der Waals surface area (Å²) in [6.07, 6.45) is 3.13. The molecule has 0 saturated carbocycles. The van der Waals surface area contributed by atoms with Gasteiger partial charge in [-0.15, -0.1) is 0 Å². The Kier molecular flexibility index (Phi) is 7.27. The van der Waals surface area contributed by atoms with Gasteiger partial charge in [0.1, 0.15) is 0 Å². The number of ether oxygens (including phenoxy) is 2. The highest BCUT2D eigenvalue weighted by atomic mass is 16.6. The van der Waals surface area contributed by atoms with Gasteiger partial charge in [0.2, 0.25) is 0 Å². The lowest BCUT2D eigenvalue weighted by atomic mass is 10.0. The summed E-state index contributed by atoms with van der Waals surface area (Å²) in [4.78, 5) is 11.2. The van der Waals surface area contributed by atoms with E-state index in [1.807, 2.05) is 18.2 Å². The Balaban J connectivity index is 2.76. The lowest BCUT2D eigenvalue weighted by Gasteiger charge is -2.14. The van der Waals surface area contributed by atoms with Gasteiger partial charge in [-0.1, -0.05) is 33.8 Å². The Morgan fingerprint density at radius 2 is 1.81 bits per heavy atom. The molecule has 0 aliphatic carbocycles. The van der Waals surface area contributed by atoms with E-state index in [0.717, 1.165) is 19.3 Å². The number of esters is 1. The molecule has 21 heavy (non-hydrogen) atoms. The van der Waals surface area contributed by atoms with Crippen molar-refractivity contribution in [1.82, 2.24) is 0 Å². The molecule has 0 atom stereocenters. The molecule has 1 aromatic carbocycles. The average Bonchev–Trinajstić information content (AvgIpc) is 2.36. The monoisotopic (exact) mass is 292 g/mol. The van der Waals surface area contributed by atoms with Crippen LogP contribution in [0.25, 0.3) is 0 Å². The number of hydrogen-bond acceptors (Lipinski definition) is 3. The fourth-order valence-corrected chi connectivity index (χ4v) is 2.18. The molecule has 0 aliphatic rings. The van der Waals surface area contributed by atoms with E-state index in [4.69, 9.17) is 9.47 Å². The summed E-state index contributed by atoms with van der Waals surface area (Å²) in [5.41, 5.74) is 1.21. The Bertz CT molecular complexity index is 450. The fourth-order valence-electron chi connectivity index (χ4n) is 2.18. The van der Waals surface area contributed by atoms with Crippen molar-refractivity contribution in [3.63, 3.8) is 0 Å². The third kappa shape index (κ3) is 7.16. The molecule has 0 aliphatic heterocycles. The predicted octanol–water partition coefficient (Wildman–Crippen LogP) is 4.63. The van der Waals surface area contributed by atoms with Gasteiger partial charge in [0, 0.05) is 6.92 Å². The molecule has 1 rings (SSSR count). The van der Waals surface area contributed by atoms with Crippen molar-refractivity contribution < 1.29 is 14.3 Å². The molecule has 0 bridgehead atoms. The molecule has 0 amide bonds. The molecular formula is C18H28O3. The molecule has 0 unspecified atom stereocenters. The van der Waals surface area contributed by atoms with E-state index in [1.165, 1.54) is 12.5 Å². The van der Waals surface area contributed by atoms with Crippen LogP contribution in [0, 0.1) is 11.8 Å². The molecular weight excluding hydrogens is 264 g/mol. The molecule has 3 nitrogen and oxygen atoms in total. The van der Waals surface area contributed by atoms with Crippen LogP contribution in [0.15, 0.2) is 18.2 Å². The number of carbonyl (C=O) groups excluding carboxylic acids is 1. The standard InChI is InChI=1S/C18H28O3/c1-13(2)7-6-10-20-18-12-16(11-14(3)4)8-9-17(18)21-15(5)19/h8-9,12-14H,6-7,10-11H2,1-5H3. The first-order valence-corrected chi connectivity index (χ1v) is 7.82. The summed E-state index contributed by atoms with van der Waals surface area (Å²) in [7, 11) is 0.